The molecule has 0 aliphatic rings. The van der Waals surface area contributed by atoms with Gasteiger partial charge in [-0.3, -0.25) is 20.2 Å². The molecule has 30 heavy (non-hydrogen) atoms. The number of hydrogen-bond acceptors (Lipinski definition) is 6. The van der Waals surface area contributed by atoms with Gasteiger partial charge in [0.2, 0.25) is 0 Å². The number of sulfonamides is 1. The van der Waals surface area contributed by atoms with Crippen molar-refractivity contribution < 1.29 is 22.9 Å². The van der Waals surface area contributed by atoms with Gasteiger partial charge in [-0.05, 0) is 42.0 Å². The number of amides is 1. The summed E-state index contributed by atoms with van der Waals surface area (Å²) >= 11 is 0. The maximum Gasteiger partial charge on any atom is 0.411 e. The largest absolute Gasteiger partial charge is 0.444 e. The summed E-state index contributed by atoms with van der Waals surface area (Å²) in [6, 6.07) is 19.7. The minimum Gasteiger partial charge on any atom is -0.444 e. The van der Waals surface area contributed by atoms with E-state index in [1.807, 2.05) is 30.3 Å². The fourth-order valence-electron chi connectivity index (χ4n) is 2.46. The van der Waals surface area contributed by atoms with Crippen molar-refractivity contribution in [3.8, 4) is 0 Å². The molecule has 0 bridgehead atoms. The molecule has 10 heteroatoms. The Bertz CT molecular complexity index is 1130. The fraction of sp³-hybridized carbons (Fsp3) is 0.0500. The van der Waals surface area contributed by atoms with Crippen LogP contribution in [0.4, 0.5) is 21.9 Å². The molecule has 0 fully saturated rings. The summed E-state index contributed by atoms with van der Waals surface area (Å²) in [6.07, 6.45) is -0.668. The minimum atomic E-state index is -3.90. The van der Waals surface area contributed by atoms with Crippen LogP contribution >= 0.6 is 0 Å². The predicted octanol–water partition coefficient (Wildman–Crippen LogP) is 4.14. The Hall–Kier alpha value is -3.92. The van der Waals surface area contributed by atoms with Gasteiger partial charge in [0.05, 0.1) is 9.82 Å². The summed E-state index contributed by atoms with van der Waals surface area (Å²) in [6.45, 7) is 0.109. The number of ether oxygens (including phenoxy) is 1. The van der Waals surface area contributed by atoms with Crippen LogP contribution in [-0.4, -0.2) is 19.4 Å². The summed E-state index contributed by atoms with van der Waals surface area (Å²) in [5.74, 6) is 0. The number of carbonyl (C=O) groups is 1. The van der Waals surface area contributed by atoms with Crippen molar-refractivity contribution in [2.24, 2.45) is 0 Å². The molecule has 154 valence electrons. The molecule has 3 aromatic carbocycles. The van der Waals surface area contributed by atoms with Crippen LogP contribution in [0, 0.1) is 10.1 Å². The van der Waals surface area contributed by atoms with Crippen LogP contribution in [0.3, 0.4) is 0 Å². The van der Waals surface area contributed by atoms with Gasteiger partial charge in [-0.2, -0.15) is 0 Å². The first-order chi connectivity index (χ1) is 14.3. The zero-order valence-electron chi connectivity index (χ0n) is 15.5. The highest BCUT2D eigenvalue weighted by atomic mass is 32.2. The van der Waals surface area contributed by atoms with Crippen LogP contribution in [0.5, 0.6) is 0 Å². The molecule has 3 aromatic rings. The first-order valence-corrected chi connectivity index (χ1v) is 10.2. The Morgan fingerprint density at radius 2 is 1.50 bits per heavy atom. The third-order valence-corrected chi connectivity index (χ3v) is 5.35. The maximum absolute atomic E-state index is 12.5. The van der Waals surface area contributed by atoms with E-state index in [0.717, 1.165) is 5.56 Å². The van der Waals surface area contributed by atoms with Crippen LogP contribution in [-0.2, 0) is 21.4 Å². The van der Waals surface area contributed by atoms with E-state index in [4.69, 9.17) is 4.74 Å². The van der Waals surface area contributed by atoms with Crippen LogP contribution in [0.15, 0.2) is 83.8 Å². The SMILES string of the molecule is O=C(Nc1ccc(S(=O)(=O)Nc2ccc([N+](=O)[O-])cc2)cc1)OCc1ccccc1. The van der Waals surface area contributed by atoms with Gasteiger partial charge in [0.1, 0.15) is 6.61 Å². The van der Waals surface area contributed by atoms with E-state index in [0.29, 0.717) is 5.69 Å². The molecule has 3 rings (SSSR count). The molecule has 2 N–H and O–H groups in total. The van der Waals surface area contributed by atoms with Crippen LogP contribution < -0.4 is 10.0 Å². The van der Waals surface area contributed by atoms with Crippen molar-refractivity contribution in [1.82, 2.24) is 0 Å². The summed E-state index contributed by atoms with van der Waals surface area (Å²) < 4.78 is 32.4. The topological polar surface area (TPSA) is 128 Å². The van der Waals surface area contributed by atoms with Crippen molar-refractivity contribution in [2.75, 3.05) is 10.0 Å². The Morgan fingerprint density at radius 1 is 0.900 bits per heavy atom. The van der Waals surface area contributed by atoms with E-state index < -0.39 is 21.0 Å². The maximum atomic E-state index is 12.5. The summed E-state index contributed by atoms with van der Waals surface area (Å²) in [7, 11) is -3.90. The number of nitro groups is 1. The third kappa shape index (κ3) is 5.55. The first-order valence-electron chi connectivity index (χ1n) is 8.68. The normalized spacial score (nSPS) is 10.8. The molecule has 0 aromatic heterocycles. The lowest BCUT2D eigenvalue weighted by molar-refractivity contribution is -0.384. The molecule has 0 aliphatic carbocycles. The van der Waals surface area contributed by atoms with E-state index >= 15 is 0 Å². The van der Waals surface area contributed by atoms with Gasteiger partial charge < -0.3 is 4.74 Å². The van der Waals surface area contributed by atoms with Crippen molar-refractivity contribution in [3.63, 3.8) is 0 Å². The number of non-ortho nitro benzene ring substituents is 1. The number of anilines is 2. The number of benzene rings is 3. The Balaban J connectivity index is 1.59. The fourth-order valence-corrected chi connectivity index (χ4v) is 3.52. The molecule has 0 spiro atoms. The lowest BCUT2D eigenvalue weighted by atomic mass is 10.2. The highest BCUT2D eigenvalue weighted by molar-refractivity contribution is 7.92. The first kappa shape index (κ1) is 20.8. The number of nitrogens with zero attached hydrogens (tertiary/aromatic N) is 1. The number of rotatable bonds is 7. The van der Waals surface area contributed by atoms with Gasteiger partial charge in [0.25, 0.3) is 15.7 Å². The Kier molecular flexibility index (Phi) is 6.28. The minimum absolute atomic E-state index is 0.0379. The third-order valence-electron chi connectivity index (χ3n) is 3.95. The van der Waals surface area contributed by atoms with Gasteiger partial charge in [0, 0.05) is 23.5 Å². The van der Waals surface area contributed by atoms with Crippen LogP contribution in [0.2, 0.25) is 0 Å². The Labute approximate surface area is 172 Å². The van der Waals surface area contributed by atoms with Gasteiger partial charge in [-0.1, -0.05) is 30.3 Å². The predicted molar refractivity (Wildman–Crippen MR) is 111 cm³/mol. The second kappa shape index (κ2) is 9.05. The standard InChI is InChI=1S/C20H17N3O6S/c24-20(29-14-15-4-2-1-3-5-15)21-16-8-12-19(13-9-16)30(27,28)22-17-6-10-18(11-7-17)23(25)26/h1-13,22H,14H2,(H,21,24). The molecule has 9 nitrogen and oxygen atoms in total. The molecule has 0 atom stereocenters. The number of nitrogens with one attached hydrogen (secondary N) is 2. The Morgan fingerprint density at radius 3 is 2.10 bits per heavy atom. The summed E-state index contributed by atoms with van der Waals surface area (Å²) in [5.41, 5.74) is 1.24. The highest BCUT2D eigenvalue weighted by Crippen LogP contribution is 2.20. The van der Waals surface area contributed by atoms with E-state index in [1.54, 1.807) is 0 Å². The van der Waals surface area contributed by atoms with Gasteiger partial charge in [-0.25, -0.2) is 13.2 Å². The van der Waals surface area contributed by atoms with Crippen LogP contribution in [0.1, 0.15) is 5.56 Å². The van der Waals surface area contributed by atoms with E-state index in [-0.39, 0.29) is 22.9 Å². The van der Waals surface area contributed by atoms with E-state index in [2.05, 4.69) is 10.0 Å². The van der Waals surface area contributed by atoms with E-state index in [1.165, 1.54) is 48.5 Å². The molecule has 0 heterocycles. The molecule has 0 unspecified atom stereocenters. The van der Waals surface area contributed by atoms with Crippen molar-refractivity contribution >= 4 is 33.2 Å². The van der Waals surface area contributed by atoms with Crippen molar-refractivity contribution in [1.29, 1.82) is 0 Å². The zero-order valence-corrected chi connectivity index (χ0v) is 16.3. The second-order valence-electron chi connectivity index (χ2n) is 6.12. The summed E-state index contributed by atoms with van der Waals surface area (Å²) in [4.78, 5) is 21.9. The second-order valence-corrected chi connectivity index (χ2v) is 7.80. The number of carbonyl (C=O) groups excluding carboxylic acids is 1. The lowest BCUT2D eigenvalue weighted by Crippen LogP contribution is -2.15. The summed E-state index contributed by atoms with van der Waals surface area (Å²) in [5, 5.41) is 13.2. The van der Waals surface area contributed by atoms with Gasteiger partial charge in [0.15, 0.2) is 0 Å². The number of hydrogen-bond donors (Lipinski definition) is 2. The molecule has 0 aliphatic heterocycles. The molecular weight excluding hydrogens is 410 g/mol. The quantitative estimate of drug-likeness (QED) is 0.431. The van der Waals surface area contributed by atoms with E-state index in [9.17, 15) is 23.3 Å². The van der Waals surface area contributed by atoms with Gasteiger partial charge in [-0.15, -0.1) is 0 Å². The molecule has 0 radical (unpaired) electrons. The highest BCUT2D eigenvalue weighted by Gasteiger charge is 2.15. The average molecular weight is 427 g/mol. The zero-order chi connectivity index (χ0) is 21.6. The molecular formula is C20H17N3O6S. The molecule has 0 saturated heterocycles. The monoisotopic (exact) mass is 427 g/mol. The number of nitro benzene ring substituents is 1. The lowest BCUT2D eigenvalue weighted by Gasteiger charge is -2.10. The van der Waals surface area contributed by atoms with Crippen molar-refractivity contribution in [3.05, 3.63) is 94.5 Å². The van der Waals surface area contributed by atoms with Crippen LogP contribution in [0.25, 0.3) is 0 Å². The van der Waals surface area contributed by atoms with Gasteiger partial charge >= 0.3 is 6.09 Å². The van der Waals surface area contributed by atoms with Crippen molar-refractivity contribution in [2.45, 2.75) is 11.5 Å². The smallest absolute Gasteiger partial charge is 0.411 e. The average Bonchev–Trinajstić information content (AvgIpc) is 2.73. The molecule has 1 amide bonds. The molecule has 0 saturated carbocycles.